The Balaban J connectivity index is 1.63. The van der Waals surface area contributed by atoms with Crippen LogP contribution in [-0.2, 0) is 37.4 Å². The normalized spacial score (nSPS) is 12.2. The van der Waals surface area contributed by atoms with Crippen LogP contribution >= 0.6 is 0 Å². The van der Waals surface area contributed by atoms with Crippen LogP contribution in [0.15, 0.2) is 77.7 Å². The third kappa shape index (κ3) is 6.97. The van der Waals surface area contributed by atoms with Crippen LogP contribution in [0.5, 0.6) is 0 Å². The highest BCUT2D eigenvalue weighted by Gasteiger charge is 2.32. The molecule has 2 N–H and O–H groups in total. The zero-order valence-electron chi connectivity index (χ0n) is 20.5. The lowest BCUT2D eigenvalue weighted by atomic mass is 9.83. The van der Waals surface area contributed by atoms with Crippen molar-refractivity contribution in [2.45, 2.75) is 43.7 Å². The third-order valence-electron chi connectivity index (χ3n) is 5.93. The van der Waals surface area contributed by atoms with Gasteiger partial charge in [-0.1, -0.05) is 37.3 Å². The van der Waals surface area contributed by atoms with Gasteiger partial charge in [-0.05, 0) is 67.4 Å². The zero-order valence-corrected chi connectivity index (χ0v) is 21.3. The summed E-state index contributed by atoms with van der Waals surface area (Å²) >= 11 is 0. The van der Waals surface area contributed by atoms with Gasteiger partial charge < -0.3 is 10.6 Å². The van der Waals surface area contributed by atoms with E-state index in [0.29, 0.717) is 16.8 Å². The standard InChI is InChI=1S/C27H27F3N2O4S/c1-4-37(35,36)23-14-8-18(9-15-23)16-24(33)31-21-12-10-19(11-13-21)26(2,3)25(34)32-22-7-5-6-20(17-22)27(28,29)30/h5-15,17H,4,16H2,1-3H3,(H,31,33)(H,32,34). The molecule has 196 valence electrons. The monoisotopic (exact) mass is 532 g/mol. The van der Waals surface area contributed by atoms with E-state index in [-0.39, 0.29) is 28.7 Å². The maximum absolute atomic E-state index is 13.0. The number of carbonyl (C=O) groups excluding carboxylic acids is 2. The van der Waals surface area contributed by atoms with Crippen LogP contribution in [0.3, 0.4) is 0 Å². The molecule has 3 rings (SSSR count). The number of carbonyl (C=O) groups is 2. The van der Waals surface area contributed by atoms with Gasteiger partial charge in [-0.25, -0.2) is 8.42 Å². The Hall–Kier alpha value is -3.66. The lowest BCUT2D eigenvalue weighted by molar-refractivity contribution is -0.137. The molecule has 0 aliphatic carbocycles. The molecule has 0 radical (unpaired) electrons. The number of sulfone groups is 1. The molecule has 0 aliphatic rings. The van der Waals surface area contributed by atoms with Crippen LogP contribution in [0.2, 0.25) is 0 Å². The van der Waals surface area contributed by atoms with Crippen molar-refractivity contribution in [3.63, 3.8) is 0 Å². The van der Waals surface area contributed by atoms with Gasteiger partial charge in [-0.2, -0.15) is 13.2 Å². The second-order valence-electron chi connectivity index (χ2n) is 9.01. The molecule has 0 unspecified atom stereocenters. The summed E-state index contributed by atoms with van der Waals surface area (Å²) in [5.74, 6) is -0.801. The first kappa shape index (κ1) is 27.9. The van der Waals surface area contributed by atoms with Crippen LogP contribution in [0.25, 0.3) is 0 Å². The van der Waals surface area contributed by atoms with E-state index in [1.54, 1.807) is 57.2 Å². The molecule has 0 saturated carbocycles. The highest BCUT2D eigenvalue weighted by atomic mass is 32.2. The zero-order chi connectivity index (χ0) is 27.4. The molecule has 10 heteroatoms. The molecule has 2 amide bonds. The van der Waals surface area contributed by atoms with Crippen LogP contribution < -0.4 is 10.6 Å². The minimum atomic E-state index is -4.52. The molecule has 0 aromatic heterocycles. The minimum absolute atomic E-state index is 0.00740. The summed E-state index contributed by atoms with van der Waals surface area (Å²) in [6.07, 6.45) is -4.48. The summed E-state index contributed by atoms with van der Waals surface area (Å²) < 4.78 is 62.7. The Morgan fingerprint density at radius 3 is 2.00 bits per heavy atom. The van der Waals surface area contributed by atoms with E-state index in [4.69, 9.17) is 0 Å². The molecular weight excluding hydrogens is 505 g/mol. The van der Waals surface area contributed by atoms with E-state index in [1.807, 2.05) is 0 Å². The van der Waals surface area contributed by atoms with E-state index in [9.17, 15) is 31.2 Å². The van der Waals surface area contributed by atoms with Crippen molar-refractivity contribution in [1.82, 2.24) is 0 Å². The number of hydrogen-bond acceptors (Lipinski definition) is 4. The van der Waals surface area contributed by atoms with Gasteiger partial charge in [-0.15, -0.1) is 0 Å². The van der Waals surface area contributed by atoms with Crippen molar-refractivity contribution in [3.05, 3.63) is 89.5 Å². The second-order valence-corrected chi connectivity index (χ2v) is 11.3. The molecule has 0 bridgehead atoms. The Kier molecular flexibility index (Phi) is 8.12. The molecule has 3 aromatic carbocycles. The first-order valence-electron chi connectivity index (χ1n) is 11.4. The van der Waals surface area contributed by atoms with Crippen molar-refractivity contribution in [2.75, 3.05) is 16.4 Å². The summed E-state index contributed by atoms with van der Waals surface area (Å²) in [5, 5.41) is 5.29. The first-order chi connectivity index (χ1) is 17.2. The molecule has 0 atom stereocenters. The van der Waals surface area contributed by atoms with Crippen molar-refractivity contribution in [3.8, 4) is 0 Å². The number of rotatable bonds is 8. The fourth-order valence-corrected chi connectivity index (χ4v) is 4.42. The number of hydrogen-bond donors (Lipinski definition) is 2. The number of amides is 2. The average Bonchev–Trinajstić information content (AvgIpc) is 2.84. The van der Waals surface area contributed by atoms with Crippen LogP contribution in [-0.4, -0.2) is 26.0 Å². The Morgan fingerprint density at radius 1 is 0.811 bits per heavy atom. The summed E-state index contributed by atoms with van der Waals surface area (Å²) in [7, 11) is -3.31. The molecule has 0 aliphatic heterocycles. The Bertz CT molecular complexity index is 1380. The van der Waals surface area contributed by atoms with Gasteiger partial charge in [0, 0.05) is 11.4 Å². The fraction of sp³-hybridized carbons (Fsp3) is 0.259. The van der Waals surface area contributed by atoms with Gasteiger partial charge >= 0.3 is 6.18 Å². The van der Waals surface area contributed by atoms with Crippen molar-refractivity contribution >= 4 is 33.0 Å². The molecular formula is C27H27F3N2O4S. The first-order valence-corrected chi connectivity index (χ1v) is 13.1. The lowest BCUT2D eigenvalue weighted by Crippen LogP contribution is -2.34. The molecule has 0 saturated heterocycles. The molecule has 0 heterocycles. The van der Waals surface area contributed by atoms with Gasteiger partial charge in [0.1, 0.15) is 0 Å². The quantitative estimate of drug-likeness (QED) is 0.395. The van der Waals surface area contributed by atoms with E-state index in [0.717, 1.165) is 12.1 Å². The lowest BCUT2D eigenvalue weighted by Gasteiger charge is -2.24. The van der Waals surface area contributed by atoms with Crippen molar-refractivity contribution < 1.29 is 31.2 Å². The topological polar surface area (TPSA) is 92.3 Å². The van der Waals surface area contributed by atoms with Crippen molar-refractivity contribution in [1.29, 1.82) is 0 Å². The number of anilines is 2. The third-order valence-corrected chi connectivity index (χ3v) is 7.68. The van der Waals surface area contributed by atoms with Crippen molar-refractivity contribution in [2.24, 2.45) is 0 Å². The van der Waals surface area contributed by atoms with E-state index >= 15 is 0 Å². The average molecular weight is 533 g/mol. The number of nitrogens with one attached hydrogen (secondary N) is 2. The minimum Gasteiger partial charge on any atom is -0.326 e. The second kappa shape index (κ2) is 10.8. The fourth-order valence-electron chi connectivity index (χ4n) is 3.53. The molecule has 0 spiro atoms. The van der Waals surface area contributed by atoms with E-state index in [2.05, 4.69) is 10.6 Å². The Morgan fingerprint density at radius 2 is 1.43 bits per heavy atom. The van der Waals surface area contributed by atoms with Gasteiger partial charge in [-0.3, -0.25) is 9.59 Å². The summed E-state index contributed by atoms with van der Waals surface area (Å²) in [5.41, 5.74) is -0.147. The smallest absolute Gasteiger partial charge is 0.326 e. The van der Waals surface area contributed by atoms with E-state index < -0.39 is 32.9 Å². The predicted octanol–water partition coefficient (Wildman–Crippen LogP) is 5.60. The number of benzene rings is 3. The SMILES string of the molecule is CCS(=O)(=O)c1ccc(CC(=O)Nc2ccc(C(C)(C)C(=O)Nc3cccc(C(F)(F)F)c3)cc2)cc1. The van der Waals surface area contributed by atoms with Crippen LogP contribution in [0, 0.1) is 0 Å². The summed E-state index contributed by atoms with van der Waals surface area (Å²) in [6, 6.07) is 17.1. The molecule has 37 heavy (non-hydrogen) atoms. The Labute approximate surface area is 213 Å². The van der Waals surface area contributed by atoms with Crippen LogP contribution in [0.4, 0.5) is 24.5 Å². The molecule has 0 fully saturated rings. The van der Waals surface area contributed by atoms with Gasteiger partial charge in [0.05, 0.1) is 28.0 Å². The van der Waals surface area contributed by atoms with Gasteiger partial charge in [0.2, 0.25) is 11.8 Å². The summed E-state index contributed by atoms with van der Waals surface area (Å²) in [4.78, 5) is 25.5. The summed E-state index contributed by atoms with van der Waals surface area (Å²) in [6.45, 7) is 4.85. The maximum atomic E-state index is 13.0. The molecule has 6 nitrogen and oxygen atoms in total. The largest absolute Gasteiger partial charge is 0.416 e. The predicted molar refractivity (Wildman–Crippen MR) is 136 cm³/mol. The highest BCUT2D eigenvalue weighted by molar-refractivity contribution is 7.91. The number of alkyl halides is 3. The van der Waals surface area contributed by atoms with Gasteiger partial charge in [0.25, 0.3) is 0 Å². The van der Waals surface area contributed by atoms with E-state index in [1.165, 1.54) is 24.3 Å². The van der Waals surface area contributed by atoms with Gasteiger partial charge in [0.15, 0.2) is 9.84 Å². The highest BCUT2D eigenvalue weighted by Crippen LogP contribution is 2.32. The number of halogens is 3. The maximum Gasteiger partial charge on any atom is 0.416 e. The molecule has 3 aromatic rings. The van der Waals surface area contributed by atoms with Crippen LogP contribution in [0.1, 0.15) is 37.5 Å².